The van der Waals surface area contributed by atoms with Crippen molar-refractivity contribution in [2.45, 2.75) is 12.6 Å². The maximum absolute atomic E-state index is 13.6. The van der Waals surface area contributed by atoms with Crippen LogP contribution in [0.1, 0.15) is 37.9 Å². The molecule has 1 aliphatic carbocycles. The summed E-state index contributed by atoms with van der Waals surface area (Å²) in [7, 11) is 1.60. The van der Waals surface area contributed by atoms with Crippen LogP contribution >= 0.6 is 0 Å². The van der Waals surface area contributed by atoms with E-state index in [1.54, 1.807) is 31.4 Å². The lowest BCUT2D eigenvalue weighted by Gasteiger charge is -2.32. The number of methoxy groups -OCH3 is 1. The van der Waals surface area contributed by atoms with Gasteiger partial charge in [-0.15, -0.1) is 0 Å². The van der Waals surface area contributed by atoms with E-state index >= 15 is 0 Å². The second-order valence-electron chi connectivity index (χ2n) is 7.51. The topological polar surface area (TPSA) is 70.4 Å². The molecule has 150 valence electrons. The number of ketones is 2. The molecule has 3 aromatic rings. The summed E-state index contributed by atoms with van der Waals surface area (Å²) < 4.78 is 5.58. The highest BCUT2D eigenvalue weighted by Gasteiger charge is 2.43. The quantitative estimate of drug-likeness (QED) is 0.633. The number of hydrogen-bond donors (Lipinski definition) is 0. The zero-order valence-electron chi connectivity index (χ0n) is 16.8. The predicted molar refractivity (Wildman–Crippen MR) is 116 cm³/mol. The Labute approximate surface area is 179 Å². The molecule has 1 heterocycles. The Morgan fingerprint density at radius 3 is 2.29 bits per heavy atom. The predicted octanol–water partition coefficient (Wildman–Crippen LogP) is 4.66. The summed E-state index contributed by atoms with van der Waals surface area (Å²) in [5.74, 6) is -0.0280. The normalized spacial score (nSPS) is 17.3. The van der Waals surface area contributed by atoms with Crippen LogP contribution in [0.2, 0.25) is 0 Å². The molecular formula is C26H18N2O3. The molecule has 5 rings (SSSR count). The Morgan fingerprint density at radius 2 is 1.55 bits per heavy atom. The molecule has 3 aromatic carbocycles. The van der Waals surface area contributed by atoms with Crippen LogP contribution in [0.4, 0.5) is 5.69 Å². The van der Waals surface area contributed by atoms with Crippen LogP contribution in [0, 0.1) is 11.3 Å². The van der Waals surface area contributed by atoms with E-state index in [0.29, 0.717) is 17.9 Å². The van der Waals surface area contributed by atoms with Gasteiger partial charge in [-0.25, -0.2) is 0 Å². The molecule has 0 amide bonds. The van der Waals surface area contributed by atoms with Crippen LogP contribution in [0.3, 0.4) is 0 Å². The van der Waals surface area contributed by atoms with Crippen molar-refractivity contribution in [2.24, 2.45) is 0 Å². The molecule has 31 heavy (non-hydrogen) atoms. The van der Waals surface area contributed by atoms with Gasteiger partial charge in [0.1, 0.15) is 17.4 Å². The highest BCUT2D eigenvalue weighted by atomic mass is 16.5. The number of Topliss-reactive ketones (excluding diaryl/α,β-unsaturated/α-hetero) is 2. The minimum Gasteiger partial charge on any atom is -0.495 e. The van der Waals surface area contributed by atoms with Crippen LogP contribution in [0.5, 0.6) is 5.75 Å². The standard InChI is InChI=1S/C26H18N2O3/c1-31-22-13-7-6-12-21(22)28-15-16-8-2-3-9-17(16)24(28)23-20(14-27)25(29)18-10-4-5-11-19(18)26(23)30/h2-13,24H,15H2,1H3. The van der Waals surface area contributed by atoms with Gasteiger partial charge in [0.05, 0.1) is 18.8 Å². The molecule has 5 nitrogen and oxygen atoms in total. The second kappa shape index (κ2) is 7.26. The van der Waals surface area contributed by atoms with E-state index in [4.69, 9.17) is 4.74 Å². The summed E-state index contributed by atoms with van der Waals surface area (Å²) in [5, 5.41) is 9.92. The summed E-state index contributed by atoms with van der Waals surface area (Å²) in [6.07, 6.45) is 0. The zero-order chi connectivity index (χ0) is 21.5. The third-order valence-corrected chi connectivity index (χ3v) is 5.94. The van der Waals surface area contributed by atoms with E-state index in [1.807, 2.05) is 59.5 Å². The SMILES string of the molecule is COc1ccccc1N1Cc2ccccc2C1C1=C(C#N)C(=O)c2ccccc2C1=O. The fourth-order valence-electron chi connectivity index (χ4n) is 4.56. The first-order valence-corrected chi connectivity index (χ1v) is 9.96. The van der Waals surface area contributed by atoms with Crippen molar-refractivity contribution in [1.82, 2.24) is 0 Å². The van der Waals surface area contributed by atoms with Crippen molar-refractivity contribution in [2.75, 3.05) is 12.0 Å². The van der Waals surface area contributed by atoms with Crippen molar-refractivity contribution >= 4 is 17.3 Å². The van der Waals surface area contributed by atoms with Gasteiger partial charge in [-0.2, -0.15) is 5.26 Å². The second-order valence-corrected chi connectivity index (χ2v) is 7.51. The monoisotopic (exact) mass is 406 g/mol. The molecule has 0 saturated carbocycles. The molecule has 0 radical (unpaired) electrons. The van der Waals surface area contributed by atoms with Crippen molar-refractivity contribution in [3.63, 3.8) is 0 Å². The molecule has 1 atom stereocenters. The number of nitriles is 1. The molecule has 0 saturated heterocycles. The van der Waals surface area contributed by atoms with Crippen LogP contribution < -0.4 is 9.64 Å². The average molecular weight is 406 g/mol. The maximum atomic E-state index is 13.6. The molecule has 0 aromatic heterocycles. The van der Waals surface area contributed by atoms with Gasteiger partial charge in [0.2, 0.25) is 5.78 Å². The molecule has 0 spiro atoms. The Hall–Kier alpha value is -4.17. The largest absolute Gasteiger partial charge is 0.495 e. The van der Waals surface area contributed by atoms with Gasteiger partial charge in [-0.1, -0.05) is 60.7 Å². The van der Waals surface area contributed by atoms with Crippen LogP contribution in [-0.2, 0) is 6.54 Å². The van der Waals surface area contributed by atoms with Gasteiger partial charge in [0, 0.05) is 23.2 Å². The fourth-order valence-corrected chi connectivity index (χ4v) is 4.56. The van der Waals surface area contributed by atoms with E-state index in [9.17, 15) is 14.9 Å². The molecule has 2 aliphatic rings. The first-order chi connectivity index (χ1) is 15.2. The van der Waals surface area contributed by atoms with Gasteiger partial charge >= 0.3 is 0 Å². The highest BCUT2D eigenvalue weighted by Crippen LogP contribution is 2.47. The van der Waals surface area contributed by atoms with E-state index in [-0.39, 0.29) is 22.5 Å². The number of carbonyl (C=O) groups is 2. The smallest absolute Gasteiger partial charge is 0.204 e. The Morgan fingerprint density at radius 1 is 0.903 bits per heavy atom. The third kappa shape index (κ3) is 2.77. The van der Waals surface area contributed by atoms with Crippen molar-refractivity contribution < 1.29 is 14.3 Å². The minimum atomic E-state index is -0.563. The van der Waals surface area contributed by atoms with Crippen molar-refractivity contribution in [3.05, 3.63) is 106 Å². The van der Waals surface area contributed by atoms with E-state index in [2.05, 4.69) is 0 Å². The number of allylic oxidation sites excluding steroid dienone is 1. The number of anilines is 1. The number of hydrogen-bond acceptors (Lipinski definition) is 5. The number of para-hydroxylation sites is 2. The van der Waals surface area contributed by atoms with Crippen molar-refractivity contribution in [3.8, 4) is 11.8 Å². The van der Waals surface area contributed by atoms with Gasteiger partial charge in [0.25, 0.3) is 0 Å². The summed E-state index contributed by atoms with van der Waals surface area (Å²) in [6.45, 7) is 0.534. The number of ether oxygens (including phenoxy) is 1. The minimum absolute atomic E-state index is 0.0923. The molecule has 0 bridgehead atoms. The van der Waals surface area contributed by atoms with Crippen LogP contribution in [-0.4, -0.2) is 18.7 Å². The van der Waals surface area contributed by atoms with Crippen LogP contribution in [0.15, 0.2) is 83.9 Å². The van der Waals surface area contributed by atoms with Gasteiger partial charge in [-0.05, 0) is 23.3 Å². The average Bonchev–Trinajstić information content (AvgIpc) is 3.20. The van der Waals surface area contributed by atoms with E-state index in [1.165, 1.54) is 0 Å². The fraction of sp³-hybridized carbons (Fsp3) is 0.115. The number of rotatable bonds is 3. The van der Waals surface area contributed by atoms with Gasteiger partial charge in [0.15, 0.2) is 5.78 Å². The molecule has 0 N–H and O–H groups in total. The van der Waals surface area contributed by atoms with Crippen LogP contribution in [0.25, 0.3) is 0 Å². The Bertz CT molecular complexity index is 1320. The maximum Gasteiger partial charge on any atom is 0.204 e. The van der Waals surface area contributed by atoms with Gasteiger partial charge in [-0.3, -0.25) is 9.59 Å². The summed E-state index contributed by atoms with van der Waals surface area (Å²) in [4.78, 5) is 28.8. The molecular weight excluding hydrogens is 388 g/mol. The number of fused-ring (bicyclic) bond motifs is 2. The van der Waals surface area contributed by atoms with E-state index in [0.717, 1.165) is 16.8 Å². The summed E-state index contributed by atoms with van der Waals surface area (Å²) >= 11 is 0. The highest BCUT2D eigenvalue weighted by molar-refractivity contribution is 6.29. The first-order valence-electron chi connectivity index (χ1n) is 9.96. The van der Waals surface area contributed by atoms with Gasteiger partial charge < -0.3 is 9.64 Å². The summed E-state index contributed by atoms with van der Waals surface area (Å²) in [6, 6.07) is 23.6. The Kier molecular flexibility index (Phi) is 4.41. The third-order valence-electron chi connectivity index (χ3n) is 5.94. The lowest BCUT2D eigenvalue weighted by Crippen LogP contribution is -2.32. The number of carbonyl (C=O) groups excluding carboxylic acids is 2. The lowest BCUT2D eigenvalue weighted by atomic mass is 9.79. The molecule has 1 aliphatic heterocycles. The van der Waals surface area contributed by atoms with E-state index < -0.39 is 11.8 Å². The lowest BCUT2D eigenvalue weighted by molar-refractivity contribution is 0.0973. The zero-order valence-corrected chi connectivity index (χ0v) is 16.8. The number of nitrogens with zero attached hydrogens (tertiary/aromatic N) is 2. The molecule has 0 fully saturated rings. The molecule has 5 heteroatoms. The first kappa shape index (κ1) is 18.8. The van der Waals surface area contributed by atoms with Crippen molar-refractivity contribution in [1.29, 1.82) is 5.26 Å². The molecule has 1 unspecified atom stereocenters. The Balaban J connectivity index is 1.77. The number of benzene rings is 3. The summed E-state index contributed by atoms with van der Waals surface area (Å²) in [5.41, 5.74) is 3.51.